The molecular weight excluding hydrogens is 283 g/mol. The van der Waals surface area contributed by atoms with Gasteiger partial charge in [-0.1, -0.05) is 30.5 Å². The third-order valence-electron chi connectivity index (χ3n) is 2.83. The minimum absolute atomic E-state index is 0. The first-order valence-electron chi connectivity index (χ1n) is 6.39. The average Bonchev–Trinajstić information content (AvgIpc) is 2.33. The summed E-state index contributed by atoms with van der Waals surface area (Å²) in [6.07, 6.45) is 4.65. The number of benzene rings is 1. The van der Waals surface area contributed by atoms with E-state index < -0.39 is 0 Å². The van der Waals surface area contributed by atoms with Crippen LogP contribution < -0.4 is 11.1 Å². The van der Waals surface area contributed by atoms with Gasteiger partial charge in [0.2, 0.25) is 5.91 Å². The molecule has 0 saturated carbocycles. The summed E-state index contributed by atoms with van der Waals surface area (Å²) in [5.41, 5.74) is 7.24. The highest BCUT2D eigenvalue weighted by atomic mass is 35.5. The van der Waals surface area contributed by atoms with Crippen LogP contribution >= 0.6 is 24.0 Å². The highest BCUT2D eigenvalue weighted by molar-refractivity contribution is 6.31. The Hall–Kier alpha value is -0.770. The summed E-state index contributed by atoms with van der Waals surface area (Å²) >= 11 is 5.90. The standard InChI is InChI=1S/C14H21ClN2O.ClH/c1-11-7-8-12(15)10-13(11)17-14(18)6-4-2-3-5-9-16;/h7-8,10H,2-6,9,16H2,1H3,(H,17,18);1H. The van der Waals surface area contributed by atoms with E-state index in [0.29, 0.717) is 11.4 Å². The van der Waals surface area contributed by atoms with Gasteiger partial charge in [-0.3, -0.25) is 4.79 Å². The number of halogens is 2. The Labute approximate surface area is 126 Å². The average molecular weight is 305 g/mol. The van der Waals surface area contributed by atoms with Crippen LogP contribution in [-0.2, 0) is 4.79 Å². The smallest absolute Gasteiger partial charge is 0.224 e. The van der Waals surface area contributed by atoms with Crippen LogP contribution in [0.15, 0.2) is 18.2 Å². The van der Waals surface area contributed by atoms with Crippen LogP contribution in [0.3, 0.4) is 0 Å². The van der Waals surface area contributed by atoms with Gasteiger partial charge < -0.3 is 11.1 Å². The molecule has 3 nitrogen and oxygen atoms in total. The molecule has 0 aliphatic heterocycles. The predicted molar refractivity (Wildman–Crippen MR) is 84.2 cm³/mol. The molecule has 0 saturated heterocycles. The molecule has 0 heterocycles. The zero-order valence-electron chi connectivity index (χ0n) is 11.2. The number of nitrogens with two attached hydrogens (primary N) is 1. The summed E-state index contributed by atoms with van der Waals surface area (Å²) in [5.74, 6) is 0.0492. The van der Waals surface area contributed by atoms with Crippen molar-refractivity contribution in [3.63, 3.8) is 0 Å². The Morgan fingerprint density at radius 2 is 1.95 bits per heavy atom. The van der Waals surface area contributed by atoms with Crippen LogP contribution in [0.4, 0.5) is 5.69 Å². The SMILES string of the molecule is Cc1ccc(Cl)cc1NC(=O)CCCCCCN.Cl. The highest BCUT2D eigenvalue weighted by Crippen LogP contribution is 2.20. The van der Waals surface area contributed by atoms with Gasteiger partial charge in [0, 0.05) is 17.1 Å². The Bertz CT molecular complexity index is 397. The first-order valence-corrected chi connectivity index (χ1v) is 6.77. The van der Waals surface area contributed by atoms with Crippen LogP contribution in [0.25, 0.3) is 0 Å². The molecule has 0 unspecified atom stereocenters. The van der Waals surface area contributed by atoms with E-state index in [1.165, 1.54) is 0 Å². The van der Waals surface area contributed by atoms with E-state index in [2.05, 4.69) is 5.32 Å². The zero-order valence-corrected chi connectivity index (χ0v) is 12.8. The minimum atomic E-state index is 0. The first-order chi connectivity index (χ1) is 8.63. The molecule has 1 aromatic carbocycles. The third-order valence-corrected chi connectivity index (χ3v) is 3.07. The topological polar surface area (TPSA) is 55.1 Å². The first kappa shape index (κ1) is 18.2. The maximum atomic E-state index is 11.7. The molecule has 5 heteroatoms. The molecular formula is C14H22Cl2N2O. The molecule has 0 aromatic heterocycles. The molecule has 0 fully saturated rings. The lowest BCUT2D eigenvalue weighted by atomic mass is 10.1. The van der Waals surface area contributed by atoms with E-state index in [9.17, 15) is 4.79 Å². The van der Waals surface area contributed by atoms with Crippen molar-refractivity contribution >= 4 is 35.6 Å². The fraction of sp³-hybridized carbons (Fsp3) is 0.500. The molecule has 3 N–H and O–H groups in total. The summed E-state index contributed by atoms with van der Waals surface area (Å²) in [4.78, 5) is 11.7. The van der Waals surface area contributed by atoms with E-state index in [1.54, 1.807) is 6.07 Å². The van der Waals surface area contributed by atoms with Crippen molar-refractivity contribution in [1.82, 2.24) is 0 Å². The van der Waals surface area contributed by atoms with E-state index in [4.69, 9.17) is 17.3 Å². The zero-order chi connectivity index (χ0) is 13.4. The second-order valence-corrected chi connectivity index (χ2v) is 4.90. The van der Waals surface area contributed by atoms with Crippen molar-refractivity contribution < 1.29 is 4.79 Å². The molecule has 1 rings (SSSR count). The van der Waals surface area contributed by atoms with Crippen molar-refractivity contribution in [1.29, 1.82) is 0 Å². The number of nitrogens with one attached hydrogen (secondary N) is 1. The molecule has 1 amide bonds. The summed E-state index contributed by atoms with van der Waals surface area (Å²) in [5, 5.41) is 3.53. The van der Waals surface area contributed by atoms with Crippen molar-refractivity contribution in [3.05, 3.63) is 28.8 Å². The Kier molecular flexibility index (Phi) is 9.66. The monoisotopic (exact) mass is 304 g/mol. The number of carbonyl (C=O) groups is 1. The molecule has 108 valence electrons. The highest BCUT2D eigenvalue weighted by Gasteiger charge is 2.05. The predicted octanol–water partition coefficient (Wildman–Crippen LogP) is 3.92. The summed E-state index contributed by atoms with van der Waals surface area (Å²) in [6.45, 7) is 2.68. The van der Waals surface area contributed by atoms with Crippen LogP contribution in [0, 0.1) is 6.92 Å². The Morgan fingerprint density at radius 3 is 2.63 bits per heavy atom. The molecule has 0 radical (unpaired) electrons. The minimum Gasteiger partial charge on any atom is -0.330 e. The van der Waals surface area contributed by atoms with E-state index in [1.807, 2.05) is 19.1 Å². The van der Waals surface area contributed by atoms with Crippen molar-refractivity contribution in [3.8, 4) is 0 Å². The maximum absolute atomic E-state index is 11.7. The number of rotatable bonds is 7. The van der Waals surface area contributed by atoms with E-state index in [0.717, 1.165) is 43.5 Å². The molecule has 0 atom stereocenters. The fourth-order valence-corrected chi connectivity index (χ4v) is 1.90. The summed E-state index contributed by atoms with van der Waals surface area (Å²) < 4.78 is 0. The number of aryl methyl sites for hydroxylation is 1. The van der Waals surface area contributed by atoms with Gasteiger partial charge in [-0.05, 0) is 44.0 Å². The lowest BCUT2D eigenvalue weighted by Gasteiger charge is -2.08. The van der Waals surface area contributed by atoms with Crippen LogP contribution in [-0.4, -0.2) is 12.5 Å². The third kappa shape index (κ3) is 7.41. The quantitative estimate of drug-likeness (QED) is 0.750. The van der Waals surface area contributed by atoms with E-state index >= 15 is 0 Å². The molecule has 19 heavy (non-hydrogen) atoms. The number of carbonyl (C=O) groups excluding carboxylic acids is 1. The lowest BCUT2D eigenvalue weighted by molar-refractivity contribution is -0.116. The number of hydrogen-bond acceptors (Lipinski definition) is 2. The molecule has 1 aromatic rings. The van der Waals surface area contributed by atoms with Gasteiger partial charge in [-0.15, -0.1) is 12.4 Å². The second kappa shape index (κ2) is 10.1. The van der Waals surface area contributed by atoms with Crippen molar-refractivity contribution in [2.75, 3.05) is 11.9 Å². The van der Waals surface area contributed by atoms with Crippen molar-refractivity contribution in [2.24, 2.45) is 5.73 Å². The van der Waals surface area contributed by atoms with Crippen LogP contribution in [0.1, 0.15) is 37.7 Å². The molecule has 0 aliphatic carbocycles. The van der Waals surface area contributed by atoms with Gasteiger partial charge in [-0.2, -0.15) is 0 Å². The second-order valence-electron chi connectivity index (χ2n) is 4.46. The van der Waals surface area contributed by atoms with Gasteiger partial charge in [0.25, 0.3) is 0 Å². The largest absolute Gasteiger partial charge is 0.330 e. The van der Waals surface area contributed by atoms with Gasteiger partial charge in [0.05, 0.1) is 0 Å². The normalized spacial score (nSPS) is 9.84. The fourth-order valence-electron chi connectivity index (χ4n) is 1.73. The number of amides is 1. The van der Waals surface area contributed by atoms with Crippen LogP contribution in [0.5, 0.6) is 0 Å². The van der Waals surface area contributed by atoms with Crippen molar-refractivity contribution in [2.45, 2.75) is 39.0 Å². The Morgan fingerprint density at radius 1 is 1.26 bits per heavy atom. The van der Waals surface area contributed by atoms with Gasteiger partial charge in [0.15, 0.2) is 0 Å². The number of anilines is 1. The van der Waals surface area contributed by atoms with Gasteiger partial charge in [0.1, 0.15) is 0 Å². The van der Waals surface area contributed by atoms with Crippen LogP contribution in [0.2, 0.25) is 5.02 Å². The van der Waals surface area contributed by atoms with E-state index in [-0.39, 0.29) is 18.3 Å². The van der Waals surface area contributed by atoms with Gasteiger partial charge >= 0.3 is 0 Å². The summed E-state index contributed by atoms with van der Waals surface area (Å²) in [6, 6.07) is 5.50. The molecule has 0 bridgehead atoms. The number of hydrogen-bond donors (Lipinski definition) is 2. The maximum Gasteiger partial charge on any atom is 0.224 e. The molecule has 0 spiro atoms. The molecule has 0 aliphatic rings. The lowest BCUT2D eigenvalue weighted by Crippen LogP contribution is -2.12. The number of unbranched alkanes of at least 4 members (excludes halogenated alkanes) is 3. The summed E-state index contributed by atoms with van der Waals surface area (Å²) in [7, 11) is 0. The van der Waals surface area contributed by atoms with Gasteiger partial charge in [-0.25, -0.2) is 0 Å². The Balaban J connectivity index is 0.00000324.